The molecule has 0 spiro atoms. The van der Waals surface area contributed by atoms with Crippen molar-refractivity contribution in [1.29, 1.82) is 0 Å². The van der Waals surface area contributed by atoms with Crippen molar-refractivity contribution in [3.05, 3.63) is 109 Å². The van der Waals surface area contributed by atoms with E-state index in [2.05, 4.69) is 130 Å². The Hall–Kier alpha value is -3.44. The van der Waals surface area contributed by atoms with Gasteiger partial charge in [-0.05, 0) is 96.3 Å². The second kappa shape index (κ2) is 55.9. The Labute approximate surface area is 408 Å². The first-order valence-corrected chi connectivity index (χ1v) is 27.4. The van der Waals surface area contributed by atoms with Crippen LogP contribution in [-0.2, 0) is 23.8 Å². The fourth-order valence-corrected chi connectivity index (χ4v) is 7.30. The lowest BCUT2D eigenvalue weighted by Crippen LogP contribution is -2.30. The SMILES string of the molecule is CC/C=C\C/C=C\C/C=C\C/C=C\C/C=C\CCCC(=O)O[C@H](COCCCCCCCCCCCCCCCCCC)COC(=O)CCCCCC/C=C\C/C=C\C/C=C\C/C=C\CC. The van der Waals surface area contributed by atoms with Crippen LogP contribution in [0.3, 0.4) is 0 Å². The maximum Gasteiger partial charge on any atom is 0.306 e. The van der Waals surface area contributed by atoms with Crippen LogP contribution in [0.25, 0.3) is 0 Å². The Morgan fingerprint density at radius 1 is 0.348 bits per heavy atom. The Bertz CT molecular complexity index is 1310. The second-order valence-corrected chi connectivity index (χ2v) is 17.7. The number of hydrogen-bond acceptors (Lipinski definition) is 5. The van der Waals surface area contributed by atoms with E-state index in [0.717, 1.165) is 116 Å². The van der Waals surface area contributed by atoms with Crippen LogP contribution in [0.2, 0.25) is 0 Å². The lowest BCUT2D eigenvalue weighted by molar-refractivity contribution is -0.162. The molecule has 0 amide bonds. The lowest BCUT2D eigenvalue weighted by atomic mass is 10.0. The zero-order chi connectivity index (χ0) is 47.7. The highest BCUT2D eigenvalue weighted by Gasteiger charge is 2.17. The minimum absolute atomic E-state index is 0.0458. The van der Waals surface area contributed by atoms with Crippen molar-refractivity contribution < 1.29 is 23.8 Å². The number of unbranched alkanes of at least 4 members (excludes halogenated alkanes) is 20. The van der Waals surface area contributed by atoms with Gasteiger partial charge in [0, 0.05) is 19.4 Å². The maximum absolute atomic E-state index is 12.8. The third-order valence-electron chi connectivity index (χ3n) is 11.3. The molecule has 0 unspecified atom stereocenters. The van der Waals surface area contributed by atoms with Crippen LogP contribution >= 0.6 is 0 Å². The monoisotopic (exact) mass is 915 g/mol. The Morgan fingerprint density at radius 2 is 0.697 bits per heavy atom. The predicted molar refractivity (Wildman–Crippen MR) is 288 cm³/mol. The topological polar surface area (TPSA) is 61.8 Å². The van der Waals surface area contributed by atoms with Crippen molar-refractivity contribution >= 4 is 11.9 Å². The van der Waals surface area contributed by atoms with Gasteiger partial charge in [-0.2, -0.15) is 0 Å². The first-order valence-electron chi connectivity index (χ1n) is 27.4. The normalized spacial score (nSPS) is 13.1. The molecule has 0 fully saturated rings. The summed E-state index contributed by atoms with van der Waals surface area (Å²) < 4.78 is 17.4. The molecule has 0 heterocycles. The molecule has 0 saturated heterocycles. The first kappa shape index (κ1) is 62.6. The van der Waals surface area contributed by atoms with Crippen LogP contribution in [-0.4, -0.2) is 37.9 Å². The Kier molecular flexibility index (Phi) is 53.0. The standard InChI is InChI=1S/C61H102O5/c1-4-7-10-13-16-19-22-25-28-31-33-36-39-42-45-48-51-54-60(62)65-58-59(57-64-56-53-50-47-44-41-38-35-30-27-24-21-18-15-12-9-6-3)66-61(63)55-52-49-46-43-40-37-34-32-29-26-23-20-17-14-11-8-5-2/h7-8,10-11,16-17,19-20,25-26,28-29,33-34,36-37,43,46,59H,4-6,9,12-15,18,21-24,27,30-32,35,38-42,44-45,47-58H2,1-3H3/b10-7-,11-8-,19-16-,20-17-,28-25-,29-26-,36-33-,37-34-,46-43-/t59-/m1/s1. The van der Waals surface area contributed by atoms with Crippen LogP contribution in [0, 0.1) is 0 Å². The molecule has 376 valence electrons. The van der Waals surface area contributed by atoms with Gasteiger partial charge in [-0.3, -0.25) is 9.59 Å². The molecule has 0 rings (SSSR count). The molecule has 0 aromatic heterocycles. The van der Waals surface area contributed by atoms with E-state index >= 15 is 0 Å². The summed E-state index contributed by atoms with van der Waals surface area (Å²) in [5.74, 6) is -0.492. The molecule has 0 N–H and O–H groups in total. The average molecular weight is 915 g/mol. The van der Waals surface area contributed by atoms with E-state index in [9.17, 15) is 9.59 Å². The minimum Gasteiger partial charge on any atom is -0.462 e. The molecule has 1 atom stereocenters. The van der Waals surface area contributed by atoms with Gasteiger partial charge in [-0.25, -0.2) is 0 Å². The van der Waals surface area contributed by atoms with E-state index in [-0.39, 0.29) is 25.2 Å². The number of carbonyl (C=O) groups is 2. The molecule has 0 aliphatic heterocycles. The molecule has 5 nitrogen and oxygen atoms in total. The number of allylic oxidation sites excluding steroid dienone is 18. The van der Waals surface area contributed by atoms with E-state index in [1.165, 1.54) is 89.9 Å². The second-order valence-electron chi connectivity index (χ2n) is 17.7. The number of carbonyl (C=O) groups excluding carboxylic acids is 2. The van der Waals surface area contributed by atoms with Gasteiger partial charge >= 0.3 is 11.9 Å². The Balaban J connectivity index is 4.42. The summed E-state index contributed by atoms with van der Waals surface area (Å²) in [5.41, 5.74) is 0. The van der Waals surface area contributed by atoms with Gasteiger partial charge in [0.25, 0.3) is 0 Å². The lowest BCUT2D eigenvalue weighted by Gasteiger charge is -2.18. The first-order chi connectivity index (χ1) is 32.6. The van der Waals surface area contributed by atoms with Gasteiger partial charge in [0.1, 0.15) is 6.61 Å². The molecule has 66 heavy (non-hydrogen) atoms. The summed E-state index contributed by atoms with van der Waals surface area (Å²) in [6.45, 7) is 7.53. The maximum atomic E-state index is 12.8. The minimum atomic E-state index is -0.581. The van der Waals surface area contributed by atoms with Gasteiger partial charge in [0.05, 0.1) is 6.61 Å². The van der Waals surface area contributed by atoms with Crippen LogP contribution < -0.4 is 0 Å². The zero-order valence-corrected chi connectivity index (χ0v) is 43.2. The van der Waals surface area contributed by atoms with Gasteiger partial charge in [-0.15, -0.1) is 0 Å². The van der Waals surface area contributed by atoms with E-state index in [1.54, 1.807) is 0 Å². The number of esters is 2. The molecule has 0 aliphatic carbocycles. The zero-order valence-electron chi connectivity index (χ0n) is 43.2. The van der Waals surface area contributed by atoms with E-state index in [1.807, 2.05) is 0 Å². The number of hydrogen-bond donors (Lipinski definition) is 0. The molecule has 0 radical (unpaired) electrons. The van der Waals surface area contributed by atoms with E-state index < -0.39 is 6.10 Å². The molecule has 0 saturated carbocycles. The molecule has 0 bridgehead atoms. The quantitative estimate of drug-likeness (QED) is 0.0346. The van der Waals surface area contributed by atoms with E-state index in [0.29, 0.717) is 19.4 Å². The largest absolute Gasteiger partial charge is 0.462 e. The summed E-state index contributed by atoms with van der Waals surface area (Å²) in [6, 6.07) is 0. The van der Waals surface area contributed by atoms with Crippen LogP contribution in [0.4, 0.5) is 0 Å². The van der Waals surface area contributed by atoms with Crippen LogP contribution in [0.1, 0.15) is 239 Å². The van der Waals surface area contributed by atoms with Gasteiger partial charge in [-0.1, -0.05) is 239 Å². The van der Waals surface area contributed by atoms with Crippen LogP contribution in [0.5, 0.6) is 0 Å². The van der Waals surface area contributed by atoms with E-state index in [4.69, 9.17) is 14.2 Å². The van der Waals surface area contributed by atoms with Gasteiger partial charge < -0.3 is 14.2 Å². The number of rotatable bonds is 49. The molecular formula is C61H102O5. The van der Waals surface area contributed by atoms with Crippen molar-refractivity contribution in [2.45, 2.75) is 245 Å². The highest BCUT2D eigenvalue weighted by Crippen LogP contribution is 2.14. The molecular weight excluding hydrogens is 813 g/mol. The summed E-state index contributed by atoms with van der Waals surface area (Å²) in [5, 5.41) is 0. The summed E-state index contributed by atoms with van der Waals surface area (Å²) in [6.07, 6.45) is 76.8. The fraction of sp³-hybridized carbons (Fsp3) is 0.672. The third-order valence-corrected chi connectivity index (χ3v) is 11.3. The summed E-state index contributed by atoms with van der Waals surface area (Å²) in [4.78, 5) is 25.5. The number of ether oxygens (including phenoxy) is 3. The smallest absolute Gasteiger partial charge is 0.306 e. The fourth-order valence-electron chi connectivity index (χ4n) is 7.30. The predicted octanol–water partition coefficient (Wildman–Crippen LogP) is 18.8. The summed E-state index contributed by atoms with van der Waals surface area (Å²) in [7, 11) is 0. The van der Waals surface area contributed by atoms with Crippen molar-refractivity contribution in [2.24, 2.45) is 0 Å². The highest BCUT2D eigenvalue weighted by molar-refractivity contribution is 5.70. The van der Waals surface area contributed by atoms with Crippen molar-refractivity contribution in [3.8, 4) is 0 Å². The summed E-state index contributed by atoms with van der Waals surface area (Å²) >= 11 is 0. The molecule has 0 aromatic carbocycles. The molecule has 0 aliphatic rings. The van der Waals surface area contributed by atoms with Crippen molar-refractivity contribution in [1.82, 2.24) is 0 Å². The van der Waals surface area contributed by atoms with Crippen LogP contribution in [0.15, 0.2) is 109 Å². The molecule has 0 aromatic rings. The average Bonchev–Trinajstić information content (AvgIpc) is 3.32. The highest BCUT2D eigenvalue weighted by atomic mass is 16.6. The van der Waals surface area contributed by atoms with Gasteiger partial charge in [0.15, 0.2) is 6.10 Å². The Morgan fingerprint density at radius 3 is 1.14 bits per heavy atom. The van der Waals surface area contributed by atoms with Gasteiger partial charge in [0.2, 0.25) is 0 Å². The van der Waals surface area contributed by atoms with Crippen molar-refractivity contribution in [2.75, 3.05) is 19.8 Å². The third kappa shape index (κ3) is 53.2. The molecule has 5 heteroatoms. The van der Waals surface area contributed by atoms with Crippen molar-refractivity contribution in [3.63, 3.8) is 0 Å².